The average molecular weight is 317 g/mol. The number of amides is 1. The van der Waals surface area contributed by atoms with Crippen LogP contribution in [0.1, 0.15) is 22.7 Å². The van der Waals surface area contributed by atoms with Gasteiger partial charge < -0.3 is 9.84 Å². The third kappa shape index (κ3) is 3.06. The van der Waals surface area contributed by atoms with Crippen molar-refractivity contribution in [3.63, 3.8) is 0 Å². The summed E-state index contributed by atoms with van der Waals surface area (Å²) in [4.78, 5) is 12.0. The molecule has 0 aliphatic heterocycles. The van der Waals surface area contributed by atoms with Crippen molar-refractivity contribution in [3.05, 3.63) is 45.7 Å². The maximum Gasteiger partial charge on any atom is 0.224 e. The summed E-state index contributed by atoms with van der Waals surface area (Å²) >= 11 is 1.59. The lowest BCUT2D eigenvalue weighted by molar-refractivity contribution is -0.120. The Kier molecular flexibility index (Phi) is 4.01. The largest absolute Gasteiger partial charge is 0.361 e. The average Bonchev–Trinajstić information content (AvgIpc) is 3.22. The molecule has 0 aliphatic carbocycles. The van der Waals surface area contributed by atoms with E-state index in [0.29, 0.717) is 18.0 Å². The number of aryl methyl sites for hydroxylation is 2. The number of nitrogens with zero attached hydrogens (tertiary/aromatic N) is 4. The van der Waals surface area contributed by atoms with Gasteiger partial charge in [0.05, 0.1) is 30.5 Å². The van der Waals surface area contributed by atoms with Crippen molar-refractivity contribution in [2.24, 2.45) is 0 Å². The molecule has 7 nitrogen and oxygen atoms in total. The molecule has 0 fully saturated rings. The highest BCUT2D eigenvalue weighted by Gasteiger charge is 2.13. The van der Waals surface area contributed by atoms with Crippen LogP contribution in [0, 0.1) is 13.8 Å². The first-order valence-corrected chi connectivity index (χ1v) is 7.70. The highest BCUT2D eigenvalue weighted by Crippen LogP contribution is 2.13. The summed E-state index contributed by atoms with van der Waals surface area (Å²) in [5, 5.41) is 18.7. The standard InChI is InChI=1S/C14H15N5O2S/c1-9-13(10(2)21-17-9)5-14(20)15-6-11-7-19(18-16-11)12-3-4-22-8-12/h3-4,7-8H,5-6H2,1-2H3,(H,15,20). The Bertz CT molecular complexity index is 756. The number of aromatic nitrogens is 4. The molecule has 114 valence electrons. The second-order valence-electron chi connectivity index (χ2n) is 4.89. The van der Waals surface area contributed by atoms with E-state index in [1.54, 1.807) is 29.1 Å². The summed E-state index contributed by atoms with van der Waals surface area (Å²) in [5.74, 6) is 0.579. The van der Waals surface area contributed by atoms with Gasteiger partial charge >= 0.3 is 0 Å². The number of thiophene rings is 1. The minimum atomic E-state index is -0.0977. The van der Waals surface area contributed by atoms with E-state index in [2.05, 4.69) is 20.8 Å². The minimum absolute atomic E-state index is 0.0977. The van der Waals surface area contributed by atoms with Crippen LogP contribution in [0.4, 0.5) is 0 Å². The molecule has 0 radical (unpaired) electrons. The van der Waals surface area contributed by atoms with Crippen molar-refractivity contribution >= 4 is 17.2 Å². The van der Waals surface area contributed by atoms with E-state index >= 15 is 0 Å². The first-order chi connectivity index (χ1) is 10.6. The minimum Gasteiger partial charge on any atom is -0.361 e. The Labute approximate surface area is 130 Å². The summed E-state index contributed by atoms with van der Waals surface area (Å²) in [7, 11) is 0. The van der Waals surface area contributed by atoms with E-state index in [9.17, 15) is 4.79 Å². The number of carbonyl (C=O) groups is 1. The second kappa shape index (κ2) is 6.10. The fourth-order valence-electron chi connectivity index (χ4n) is 2.06. The van der Waals surface area contributed by atoms with Gasteiger partial charge in [0.2, 0.25) is 5.91 Å². The molecular weight excluding hydrogens is 302 g/mol. The molecule has 0 saturated carbocycles. The first kappa shape index (κ1) is 14.5. The lowest BCUT2D eigenvalue weighted by Crippen LogP contribution is -2.25. The molecule has 1 N–H and O–H groups in total. The highest BCUT2D eigenvalue weighted by atomic mass is 32.1. The topological polar surface area (TPSA) is 85.8 Å². The van der Waals surface area contributed by atoms with Crippen LogP contribution in [0.2, 0.25) is 0 Å². The van der Waals surface area contributed by atoms with Gasteiger partial charge in [-0.05, 0) is 25.3 Å². The zero-order valence-corrected chi connectivity index (χ0v) is 13.1. The van der Waals surface area contributed by atoms with E-state index in [1.165, 1.54) is 0 Å². The Hall–Kier alpha value is -2.48. The lowest BCUT2D eigenvalue weighted by Gasteiger charge is -2.02. The van der Waals surface area contributed by atoms with Crippen molar-refractivity contribution < 1.29 is 9.32 Å². The summed E-state index contributed by atoms with van der Waals surface area (Å²) in [6.07, 6.45) is 2.05. The van der Waals surface area contributed by atoms with Crippen molar-refractivity contribution in [1.29, 1.82) is 0 Å². The summed E-state index contributed by atoms with van der Waals surface area (Å²) in [6, 6.07) is 1.96. The smallest absolute Gasteiger partial charge is 0.224 e. The molecule has 0 atom stereocenters. The van der Waals surface area contributed by atoms with Gasteiger partial charge in [0.25, 0.3) is 0 Å². The highest BCUT2D eigenvalue weighted by molar-refractivity contribution is 7.08. The molecule has 0 aromatic carbocycles. The van der Waals surface area contributed by atoms with E-state index in [-0.39, 0.29) is 12.3 Å². The fraction of sp³-hybridized carbons (Fsp3) is 0.286. The van der Waals surface area contributed by atoms with Crippen molar-refractivity contribution in [2.45, 2.75) is 26.8 Å². The van der Waals surface area contributed by atoms with Crippen molar-refractivity contribution in [3.8, 4) is 5.69 Å². The maximum atomic E-state index is 12.0. The molecule has 1 amide bonds. The van der Waals surface area contributed by atoms with Gasteiger partial charge in [-0.25, -0.2) is 4.68 Å². The van der Waals surface area contributed by atoms with Gasteiger partial charge in [-0.3, -0.25) is 4.79 Å². The zero-order valence-electron chi connectivity index (χ0n) is 12.2. The molecule has 3 heterocycles. The molecule has 0 saturated heterocycles. The molecule has 3 aromatic rings. The molecule has 0 unspecified atom stereocenters. The van der Waals surface area contributed by atoms with Gasteiger partial charge in [0.15, 0.2) is 0 Å². The van der Waals surface area contributed by atoms with E-state index in [0.717, 1.165) is 16.9 Å². The molecule has 0 bridgehead atoms. The molecule has 22 heavy (non-hydrogen) atoms. The first-order valence-electron chi connectivity index (χ1n) is 6.75. The zero-order chi connectivity index (χ0) is 15.5. The van der Waals surface area contributed by atoms with Crippen LogP contribution < -0.4 is 5.32 Å². The number of rotatable bonds is 5. The number of hydrogen-bond acceptors (Lipinski definition) is 6. The number of nitrogens with one attached hydrogen (secondary N) is 1. The van der Waals surface area contributed by atoms with E-state index in [1.807, 2.05) is 23.8 Å². The number of carbonyl (C=O) groups excluding carboxylic acids is 1. The SMILES string of the molecule is Cc1noc(C)c1CC(=O)NCc1cn(-c2ccsc2)nn1. The predicted octanol–water partition coefficient (Wildman–Crippen LogP) is 1.79. The van der Waals surface area contributed by atoms with Crippen LogP contribution in [0.5, 0.6) is 0 Å². The summed E-state index contributed by atoms with van der Waals surface area (Å²) < 4.78 is 6.74. The number of hydrogen-bond donors (Lipinski definition) is 1. The van der Waals surface area contributed by atoms with Crippen LogP contribution in [0.15, 0.2) is 27.5 Å². The molecule has 8 heteroatoms. The monoisotopic (exact) mass is 317 g/mol. The maximum absolute atomic E-state index is 12.0. The quantitative estimate of drug-likeness (QED) is 0.775. The van der Waals surface area contributed by atoms with Gasteiger partial charge in [0, 0.05) is 10.9 Å². The Morgan fingerprint density at radius 3 is 3.00 bits per heavy atom. The van der Waals surface area contributed by atoms with E-state index < -0.39 is 0 Å². The fourth-order valence-corrected chi connectivity index (χ4v) is 2.68. The Balaban J connectivity index is 1.57. The Morgan fingerprint density at radius 2 is 2.32 bits per heavy atom. The van der Waals surface area contributed by atoms with Crippen LogP contribution in [-0.2, 0) is 17.8 Å². The molecule has 3 rings (SSSR count). The predicted molar refractivity (Wildman–Crippen MR) is 80.8 cm³/mol. The van der Waals surface area contributed by atoms with Crippen LogP contribution in [0.25, 0.3) is 5.69 Å². The third-order valence-electron chi connectivity index (χ3n) is 3.30. The van der Waals surface area contributed by atoms with E-state index in [4.69, 9.17) is 4.52 Å². The third-order valence-corrected chi connectivity index (χ3v) is 3.97. The van der Waals surface area contributed by atoms with Gasteiger partial charge in [-0.1, -0.05) is 10.4 Å². The Morgan fingerprint density at radius 1 is 1.45 bits per heavy atom. The van der Waals surface area contributed by atoms with Gasteiger partial charge in [0.1, 0.15) is 11.5 Å². The van der Waals surface area contributed by atoms with Crippen molar-refractivity contribution in [2.75, 3.05) is 0 Å². The summed E-state index contributed by atoms with van der Waals surface area (Å²) in [6.45, 7) is 3.97. The second-order valence-corrected chi connectivity index (χ2v) is 5.67. The lowest BCUT2D eigenvalue weighted by atomic mass is 10.1. The molecule has 3 aromatic heterocycles. The van der Waals surface area contributed by atoms with Crippen LogP contribution in [0.3, 0.4) is 0 Å². The van der Waals surface area contributed by atoms with Gasteiger partial charge in [-0.2, -0.15) is 11.3 Å². The summed E-state index contributed by atoms with van der Waals surface area (Å²) in [5.41, 5.74) is 3.25. The molecular formula is C14H15N5O2S. The van der Waals surface area contributed by atoms with Crippen molar-refractivity contribution in [1.82, 2.24) is 25.5 Å². The van der Waals surface area contributed by atoms with Crippen LogP contribution in [-0.4, -0.2) is 26.1 Å². The molecule has 0 aliphatic rings. The van der Waals surface area contributed by atoms with Crippen LogP contribution >= 0.6 is 11.3 Å². The molecule has 0 spiro atoms. The van der Waals surface area contributed by atoms with Gasteiger partial charge in [-0.15, -0.1) is 5.10 Å². The normalized spacial score (nSPS) is 10.8.